The number of hydrogen-bond acceptors (Lipinski definition) is 5. The number of benzene rings is 5. The van der Waals surface area contributed by atoms with E-state index >= 15 is 0 Å². The van der Waals surface area contributed by atoms with Crippen molar-refractivity contribution in [2.75, 3.05) is 4.90 Å². The molecule has 0 aliphatic heterocycles. The number of rotatable bonds is 8. The number of hydrogen-bond donors (Lipinski definition) is 1. The van der Waals surface area contributed by atoms with Gasteiger partial charge in [-0.1, -0.05) is 72.8 Å². The Morgan fingerprint density at radius 2 is 1.24 bits per heavy atom. The number of para-hydroxylation sites is 3. The summed E-state index contributed by atoms with van der Waals surface area (Å²) in [6.45, 7) is 0. The van der Waals surface area contributed by atoms with Crippen molar-refractivity contribution in [3.63, 3.8) is 0 Å². The highest BCUT2D eigenvalue weighted by molar-refractivity contribution is 7.24. The van der Waals surface area contributed by atoms with Crippen LogP contribution in [0.3, 0.4) is 0 Å². The molecule has 0 atom stereocenters. The third kappa shape index (κ3) is 5.70. The molecule has 0 amide bonds. The fraction of sp³-hybridized carbons (Fsp3) is 0. The van der Waals surface area contributed by atoms with Crippen LogP contribution >= 0.6 is 22.7 Å². The molecular weight excluding hydrogens is 643 g/mol. The largest absolute Gasteiger partial charge is 0.477 e. The summed E-state index contributed by atoms with van der Waals surface area (Å²) >= 11 is 3.16. The number of anilines is 3. The first-order valence-corrected chi connectivity index (χ1v) is 17.3. The Balaban J connectivity index is 1.17. The molecule has 8 aromatic rings. The highest BCUT2D eigenvalue weighted by Gasteiger charge is 2.17. The van der Waals surface area contributed by atoms with E-state index in [4.69, 9.17) is 5.26 Å². The highest BCUT2D eigenvalue weighted by atomic mass is 32.1. The van der Waals surface area contributed by atoms with Gasteiger partial charge >= 0.3 is 5.97 Å². The second-order valence-electron chi connectivity index (χ2n) is 11.4. The van der Waals surface area contributed by atoms with Gasteiger partial charge in [0.15, 0.2) is 0 Å². The van der Waals surface area contributed by atoms with Crippen LogP contribution in [0.1, 0.15) is 4.88 Å². The smallest absolute Gasteiger partial charge is 0.346 e. The molecule has 0 aliphatic rings. The maximum atomic E-state index is 11.3. The van der Waals surface area contributed by atoms with Gasteiger partial charge in [-0.2, -0.15) is 5.26 Å². The average Bonchev–Trinajstić information content (AvgIpc) is 3.90. The van der Waals surface area contributed by atoms with Gasteiger partial charge in [0.2, 0.25) is 0 Å². The molecule has 0 radical (unpaired) electrons. The monoisotopic (exact) mass is 669 g/mol. The molecule has 0 saturated carbocycles. The van der Waals surface area contributed by atoms with E-state index < -0.39 is 5.97 Å². The summed E-state index contributed by atoms with van der Waals surface area (Å²) in [6.07, 6.45) is 1.42. The fourth-order valence-electron chi connectivity index (χ4n) is 6.22. The minimum Gasteiger partial charge on any atom is -0.477 e. The van der Waals surface area contributed by atoms with Crippen LogP contribution in [0, 0.1) is 11.3 Å². The van der Waals surface area contributed by atoms with Gasteiger partial charge in [-0.15, -0.1) is 22.7 Å². The molecule has 234 valence electrons. The normalized spacial score (nSPS) is 11.5. The van der Waals surface area contributed by atoms with E-state index in [9.17, 15) is 9.90 Å². The van der Waals surface area contributed by atoms with Gasteiger partial charge in [0, 0.05) is 53.0 Å². The van der Waals surface area contributed by atoms with Crippen molar-refractivity contribution in [1.29, 1.82) is 5.26 Å². The van der Waals surface area contributed by atoms with Crippen molar-refractivity contribution in [2.24, 2.45) is 0 Å². The van der Waals surface area contributed by atoms with E-state index in [0.717, 1.165) is 58.9 Å². The van der Waals surface area contributed by atoms with Crippen molar-refractivity contribution in [3.8, 4) is 32.0 Å². The Labute approximate surface area is 291 Å². The van der Waals surface area contributed by atoms with E-state index in [-0.39, 0.29) is 5.57 Å². The van der Waals surface area contributed by atoms with Gasteiger partial charge in [0.25, 0.3) is 0 Å². The van der Waals surface area contributed by atoms with Crippen molar-refractivity contribution in [2.45, 2.75) is 0 Å². The molecular formula is C42H27N3O2S2. The van der Waals surface area contributed by atoms with Crippen LogP contribution in [-0.4, -0.2) is 15.6 Å². The lowest BCUT2D eigenvalue weighted by atomic mass is 10.1. The number of fused-ring (bicyclic) bond motifs is 3. The lowest BCUT2D eigenvalue weighted by molar-refractivity contribution is -0.132. The molecule has 0 aliphatic carbocycles. The number of carboxylic acids is 1. The third-order valence-corrected chi connectivity index (χ3v) is 10.8. The number of nitriles is 1. The van der Waals surface area contributed by atoms with Gasteiger partial charge < -0.3 is 14.6 Å². The molecule has 0 unspecified atom stereocenters. The lowest BCUT2D eigenvalue weighted by Crippen LogP contribution is -2.09. The molecule has 3 aromatic heterocycles. The zero-order chi connectivity index (χ0) is 33.3. The summed E-state index contributed by atoms with van der Waals surface area (Å²) in [6, 6.07) is 54.7. The molecule has 8 rings (SSSR count). The molecule has 0 bridgehead atoms. The first kappa shape index (κ1) is 30.2. The molecule has 7 heteroatoms. The van der Waals surface area contributed by atoms with Crippen molar-refractivity contribution < 1.29 is 9.90 Å². The number of nitrogens with zero attached hydrogens (tertiary/aromatic N) is 3. The van der Waals surface area contributed by atoms with Crippen LogP contribution in [0.2, 0.25) is 0 Å². The molecule has 0 saturated heterocycles. The quantitative estimate of drug-likeness (QED) is 0.129. The summed E-state index contributed by atoms with van der Waals surface area (Å²) in [7, 11) is 0. The fourth-order valence-corrected chi connectivity index (χ4v) is 8.28. The molecule has 5 aromatic carbocycles. The third-order valence-electron chi connectivity index (χ3n) is 8.47. The lowest BCUT2D eigenvalue weighted by Gasteiger charge is -2.25. The number of aliphatic carboxylic acids is 1. The molecule has 49 heavy (non-hydrogen) atoms. The van der Waals surface area contributed by atoms with Gasteiger partial charge in [0.1, 0.15) is 11.6 Å². The number of thiophene rings is 2. The molecule has 5 nitrogen and oxygen atoms in total. The summed E-state index contributed by atoms with van der Waals surface area (Å²) in [5, 5.41) is 20.7. The predicted molar refractivity (Wildman–Crippen MR) is 203 cm³/mol. The maximum Gasteiger partial charge on any atom is 0.346 e. The minimum atomic E-state index is -1.22. The van der Waals surface area contributed by atoms with Crippen molar-refractivity contribution in [3.05, 3.63) is 162 Å². The van der Waals surface area contributed by atoms with E-state index in [1.54, 1.807) is 17.4 Å². The van der Waals surface area contributed by atoms with Crippen LogP contribution in [0.15, 0.2) is 157 Å². The topological polar surface area (TPSA) is 69.3 Å². The highest BCUT2D eigenvalue weighted by Crippen LogP contribution is 2.41. The molecule has 3 heterocycles. The van der Waals surface area contributed by atoms with Crippen LogP contribution in [0.25, 0.3) is 53.8 Å². The Morgan fingerprint density at radius 3 is 1.94 bits per heavy atom. The molecule has 1 N–H and O–H groups in total. The zero-order valence-electron chi connectivity index (χ0n) is 26.0. The van der Waals surface area contributed by atoms with Crippen LogP contribution < -0.4 is 4.90 Å². The number of carboxylic acid groups (broad SMARTS) is 1. The van der Waals surface area contributed by atoms with Crippen LogP contribution in [-0.2, 0) is 4.79 Å². The van der Waals surface area contributed by atoms with Crippen LogP contribution in [0.4, 0.5) is 17.1 Å². The summed E-state index contributed by atoms with van der Waals surface area (Å²) in [4.78, 5) is 17.5. The van der Waals surface area contributed by atoms with E-state index in [1.165, 1.54) is 28.2 Å². The van der Waals surface area contributed by atoms with Crippen LogP contribution in [0.5, 0.6) is 0 Å². The van der Waals surface area contributed by atoms with Gasteiger partial charge in [-0.25, -0.2) is 4.79 Å². The number of carbonyl (C=O) groups is 1. The predicted octanol–water partition coefficient (Wildman–Crippen LogP) is 11.7. The van der Waals surface area contributed by atoms with E-state index in [0.29, 0.717) is 0 Å². The molecule has 0 fully saturated rings. The summed E-state index contributed by atoms with van der Waals surface area (Å²) < 4.78 is 2.35. The SMILES string of the molecule is N#C/C(=C\c1ccc(-c2ccc(-c3ccc(-n4c5ccccc5c5ccc(N(c6ccccc6)c6ccccc6)cc54)cc3)s2)s1)C(=O)O. The minimum absolute atomic E-state index is 0.274. The Kier molecular flexibility index (Phi) is 7.86. The van der Waals surface area contributed by atoms with Crippen molar-refractivity contribution >= 4 is 73.6 Å². The molecule has 0 spiro atoms. The average molecular weight is 670 g/mol. The van der Waals surface area contributed by atoms with E-state index in [1.807, 2.05) is 24.3 Å². The van der Waals surface area contributed by atoms with Gasteiger partial charge in [0.05, 0.1) is 11.0 Å². The first-order valence-electron chi connectivity index (χ1n) is 15.7. The summed E-state index contributed by atoms with van der Waals surface area (Å²) in [5.74, 6) is -1.22. The maximum absolute atomic E-state index is 11.3. The second-order valence-corrected chi connectivity index (χ2v) is 13.6. The zero-order valence-corrected chi connectivity index (χ0v) is 27.7. The van der Waals surface area contributed by atoms with Gasteiger partial charge in [-0.3, -0.25) is 0 Å². The first-order chi connectivity index (χ1) is 24.1. The second kappa shape index (κ2) is 12.8. The van der Waals surface area contributed by atoms with Gasteiger partial charge in [-0.05, 0) is 90.5 Å². The van der Waals surface area contributed by atoms with E-state index in [2.05, 4.69) is 137 Å². The standard InChI is InChI=1S/C42H27N3O2S2/c43-27-29(42(46)47)25-34-20-22-40(48-34)41-24-23-39(49-41)28-15-17-32(18-16-28)45-37-14-8-7-13-35(37)36-21-19-33(26-38(36)45)44(30-9-3-1-4-10-30)31-11-5-2-6-12-31/h1-26H,(H,46,47)/b29-25+. The van der Waals surface area contributed by atoms with Crippen molar-refractivity contribution in [1.82, 2.24) is 4.57 Å². The Hall–Kier alpha value is -6.20. The Bertz CT molecular complexity index is 2500. The number of aromatic nitrogens is 1. The Morgan fingerprint density at radius 1 is 0.633 bits per heavy atom. The summed E-state index contributed by atoms with van der Waals surface area (Å²) in [5.41, 5.74) is 7.48.